The molecule has 2 rings (SSSR count). The quantitative estimate of drug-likeness (QED) is 0.824. The summed E-state index contributed by atoms with van der Waals surface area (Å²) < 4.78 is 0. The smallest absolute Gasteiger partial charge is 0.252 e. The van der Waals surface area contributed by atoms with Crippen molar-refractivity contribution in [2.24, 2.45) is 5.92 Å². The van der Waals surface area contributed by atoms with E-state index in [1.54, 1.807) is 24.5 Å². The number of carbonyl (C=O) groups excluding carboxylic acids is 1. The molecule has 104 valence electrons. The van der Waals surface area contributed by atoms with Crippen molar-refractivity contribution < 1.29 is 4.79 Å². The minimum Gasteiger partial charge on any atom is -0.352 e. The average Bonchev–Trinajstić information content (AvgIpc) is 2.44. The van der Waals surface area contributed by atoms with E-state index in [-0.39, 0.29) is 5.91 Å². The van der Waals surface area contributed by atoms with Crippen LogP contribution in [0, 0.1) is 5.92 Å². The second kappa shape index (κ2) is 7.24. The maximum absolute atomic E-state index is 11.8. The summed E-state index contributed by atoms with van der Waals surface area (Å²) >= 11 is 0. The fraction of sp³-hybridized carbons (Fsp3) is 0.600. The largest absolute Gasteiger partial charge is 0.352 e. The van der Waals surface area contributed by atoms with E-state index in [2.05, 4.69) is 22.1 Å². The molecule has 1 N–H and O–H groups in total. The number of amides is 1. The Hall–Kier alpha value is -1.42. The van der Waals surface area contributed by atoms with Crippen molar-refractivity contribution in [3.63, 3.8) is 0 Å². The highest BCUT2D eigenvalue weighted by molar-refractivity contribution is 5.93. The van der Waals surface area contributed by atoms with Crippen molar-refractivity contribution in [2.45, 2.75) is 26.2 Å². The van der Waals surface area contributed by atoms with Gasteiger partial charge in [-0.1, -0.05) is 6.92 Å². The summed E-state index contributed by atoms with van der Waals surface area (Å²) in [5.41, 5.74) is 0.633. The summed E-state index contributed by atoms with van der Waals surface area (Å²) in [6.45, 7) is 6.55. The van der Waals surface area contributed by atoms with Gasteiger partial charge < -0.3 is 10.2 Å². The monoisotopic (exact) mass is 261 g/mol. The van der Waals surface area contributed by atoms with Crippen LogP contribution >= 0.6 is 0 Å². The Balaban J connectivity index is 1.63. The fourth-order valence-corrected chi connectivity index (χ4v) is 2.59. The van der Waals surface area contributed by atoms with Crippen molar-refractivity contribution in [3.05, 3.63) is 30.1 Å². The maximum atomic E-state index is 11.8. The molecule has 1 saturated heterocycles. The molecule has 1 amide bonds. The predicted octanol–water partition coefficient (Wildman–Crippen LogP) is 1.93. The number of pyridine rings is 1. The highest BCUT2D eigenvalue weighted by Gasteiger charge is 2.15. The van der Waals surface area contributed by atoms with E-state index in [0.717, 1.165) is 25.4 Å². The van der Waals surface area contributed by atoms with Crippen LogP contribution in [-0.2, 0) is 0 Å². The lowest BCUT2D eigenvalue weighted by atomic mass is 10.0. The van der Waals surface area contributed by atoms with E-state index >= 15 is 0 Å². The number of nitrogens with one attached hydrogen (secondary N) is 1. The Morgan fingerprint density at radius 1 is 1.58 bits per heavy atom. The van der Waals surface area contributed by atoms with Crippen molar-refractivity contribution in [3.8, 4) is 0 Å². The summed E-state index contributed by atoms with van der Waals surface area (Å²) in [6.07, 6.45) is 6.95. The molecule has 2 heterocycles. The van der Waals surface area contributed by atoms with Gasteiger partial charge in [0.05, 0.1) is 5.56 Å². The Morgan fingerprint density at radius 3 is 3.21 bits per heavy atom. The number of nitrogens with zero attached hydrogens (tertiary/aromatic N) is 2. The SMILES string of the molecule is C[C@H]1CCCN(CCCNC(=O)c2cccnc2)C1. The number of hydrogen-bond acceptors (Lipinski definition) is 3. The minimum absolute atomic E-state index is 0.0277. The van der Waals surface area contributed by atoms with E-state index in [4.69, 9.17) is 0 Å². The molecule has 0 unspecified atom stereocenters. The van der Waals surface area contributed by atoms with E-state index in [9.17, 15) is 4.79 Å². The molecule has 0 aliphatic carbocycles. The maximum Gasteiger partial charge on any atom is 0.252 e. The first-order valence-corrected chi connectivity index (χ1v) is 7.16. The van der Waals surface area contributed by atoms with Crippen LogP contribution in [0.5, 0.6) is 0 Å². The van der Waals surface area contributed by atoms with Gasteiger partial charge in [0.1, 0.15) is 0 Å². The molecule has 0 saturated carbocycles. The highest BCUT2D eigenvalue weighted by Crippen LogP contribution is 2.15. The van der Waals surface area contributed by atoms with Gasteiger partial charge in [-0.05, 0) is 50.4 Å². The summed E-state index contributed by atoms with van der Waals surface area (Å²) in [5.74, 6) is 0.791. The van der Waals surface area contributed by atoms with Gasteiger partial charge in [-0.25, -0.2) is 0 Å². The summed E-state index contributed by atoms with van der Waals surface area (Å²) in [6, 6.07) is 3.57. The number of hydrogen-bond donors (Lipinski definition) is 1. The molecule has 1 fully saturated rings. The highest BCUT2D eigenvalue weighted by atomic mass is 16.1. The topological polar surface area (TPSA) is 45.2 Å². The van der Waals surface area contributed by atoms with E-state index < -0.39 is 0 Å². The minimum atomic E-state index is -0.0277. The third kappa shape index (κ3) is 4.63. The molecule has 4 nitrogen and oxygen atoms in total. The van der Waals surface area contributed by atoms with Gasteiger partial charge in [0, 0.05) is 25.5 Å². The lowest BCUT2D eigenvalue weighted by Gasteiger charge is -2.30. The fourth-order valence-electron chi connectivity index (χ4n) is 2.59. The van der Waals surface area contributed by atoms with Gasteiger partial charge in [0.15, 0.2) is 0 Å². The van der Waals surface area contributed by atoms with Crippen LogP contribution in [0.25, 0.3) is 0 Å². The van der Waals surface area contributed by atoms with Gasteiger partial charge in [-0.2, -0.15) is 0 Å². The second-order valence-electron chi connectivity index (χ2n) is 5.40. The Morgan fingerprint density at radius 2 is 2.47 bits per heavy atom. The summed E-state index contributed by atoms with van der Waals surface area (Å²) in [7, 11) is 0. The lowest BCUT2D eigenvalue weighted by Crippen LogP contribution is -2.36. The zero-order chi connectivity index (χ0) is 13.5. The zero-order valence-corrected chi connectivity index (χ0v) is 11.6. The molecule has 1 aliphatic rings. The van der Waals surface area contributed by atoms with E-state index in [1.165, 1.54) is 25.9 Å². The molecule has 0 bridgehead atoms. The normalized spacial score (nSPS) is 20.2. The average molecular weight is 261 g/mol. The predicted molar refractivity (Wildman–Crippen MR) is 76.0 cm³/mol. The first-order valence-electron chi connectivity index (χ1n) is 7.16. The molecule has 0 aromatic carbocycles. The van der Waals surface area contributed by atoms with E-state index in [1.807, 2.05) is 0 Å². The van der Waals surface area contributed by atoms with Crippen LogP contribution < -0.4 is 5.32 Å². The lowest BCUT2D eigenvalue weighted by molar-refractivity contribution is 0.0949. The van der Waals surface area contributed by atoms with Crippen LogP contribution in [0.2, 0.25) is 0 Å². The van der Waals surface area contributed by atoms with Gasteiger partial charge in [0.2, 0.25) is 0 Å². The molecule has 0 spiro atoms. The van der Waals surface area contributed by atoms with Crippen molar-refractivity contribution in [2.75, 3.05) is 26.2 Å². The number of rotatable bonds is 5. The zero-order valence-electron chi connectivity index (χ0n) is 11.6. The second-order valence-corrected chi connectivity index (χ2v) is 5.40. The van der Waals surface area contributed by atoms with Crippen LogP contribution in [-0.4, -0.2) is 42.0 Å². The molecular weight excluding hydrogens is 238 g/mol. The van der Waals surface area contributed by atoms with Gasteiger partial charge in [0.25, 0.3) is 5.91 Å². The third-order valence-corrected chi connectivity index (χ3v) is 3.60. The summed E-state index contributed by atoms with van der Waals surface area (Å²) in [5, 5.41) is 2.94. The first kappa shape index (κ1) is 14.0. The molecule has 0 radical (unpaired) electrons. The standard InChI is InChI=1S/C15H23N3O/c1-13-5-3-9-18(12-13)10-4-8-17-15(19)14-6-2-7-16-11-14/h2,6-7,11,13H,3-5,8-10,12H2,1H3,(H,17,19)/t13-/m0/s1. The molecule has 19 heavy (non-hydrogen) atoms. The molecular formula is C15H23N3O. The van der Waals surface area contributed by atoms with Gasteiger partial charge in [-0.3, -0.25) is 9.78 Å². The Kier molecular flexibility index (Phi) is 5.33. The molecule has 1 aromatic rings. The molecule has 1 aliphatic heterocycles. The number of carbonyl (C=O) groups is 1. The summed E-state index contributed by atoms with van der Waals surface area (Å²) in [4.78, 5) is 18.2. The van der Waals surface area contributed by atoms with E-state index in [0.29, 0.717) is 5.56 Å². The number of piperidine rings is 1. The third-order valence-electron chi connectivity index (χ3n) is 3.60. The first-order chi connectivity index (χ1) is 9.25. The van der Waals surface area contributed by atoms with Crippen molar-refractivity contribution in [1.82, 2.24) is 15.2 Å². The Bertz CT molecular complexity index is 394. The number of aromatic nitrogens is 1. The van der Waals surface area contributed by atoms with Crippen molar-refractivity contribution >= 4 is 5.91 Å². The number of likely N-dealkylation sites (tertiary alicyclic amines) is 1. The molecule has 1 atom stereocenters. The van der Waals surface area contributed by atoms with Crippen molar-refractivity contribution in [1.29, 1.82) is 0 Å². The van der Waals surface area contributed by atoms with Crippen LogP contribution in [0.15, 0.2) is 24.5 Å². The van der Waals surface area contributed by atoms with Gasteiger partial charge >= 0.3 is 0 Å². The molecule has 1 aromatic heterocycles. The van der Waals surface area contributed by atoms with Crippen LogP contribution in [0.3, 0.4) is 0 Å². The van der Waals surface area contributed by atoms with Crippen LogP contribution in [0.4, 0.5) is 0 Å². The Labute approximate surface area is 115 Å². The molecule has 4 heteroatoms. The van der Waals surface area contributed by atoms with Crippen LogP contribution in [0.1, 0.15) is 36.5 Å². The van der Waals surface area contributed by atoms with Gasteiger partial charge in [-0.15, -0.1) is 0 Å².